The zero-order valence-corrected chi connectivity index (χ0v) is 16.7. The van der Waals surface area contributed by atoms with E-state index in [1.165, 1.54) is 56.1 Å². The number of rotatable bonds is 12. The van der Waals surface area contributed by atoms with Gasteiger partial charge in [0.15, 0.2) is 0 Å². The third-order valence-electron chi connectivity index (χ3n) is 5.86. The van der Waals surface area contributed by atoms with Crippen molar-refractivity contribution < 1.29 is 5.11 Å². The van der Waals surface area contributed by atoms with E-state index in [2.05, 4.69) is 56.0 Å². The summed E-state index contributed by atoms with van der Waals surface area (Å²) in [6, 6.07) is 10.8. The molecule has 1 N–H and O–H groups in total. The van der Waals surface area contributed by atoms with Gasteiger partial charge in [-0.2, -0.15) is 0 Å². The number of aryl methyl sites for hydroxylation is 1. The van der Waals surface area contributed by atoms with E-state index in [0.29, 0.717) is 11.8 Å². The predicted octanol–water partition coefficient (Wildman–Crippen LogP) is 6.87. The number of aliphatic hydroxyl groups excluding tert-OH is 1. The Morgan fingerprint density at radius 3 is 2.65 bits per heavy atom. The molecule has 1 fully saturated rings. The van der Waals surface area contributed by atoms with E-state index in [0.717, 1.165) is 25.7 Å². The molecule has 1 aromatic rings. The van der Waals surface area contributed by atoms with Crippen LogP contribution in [0.2, 0.25) is 0 Å². The lowest BCUT2D eigenvalue weighted by molar-refractivity contribution is 0.110. The predicted molar refractivity (Wildman–Crippen MR) is 113 cm³/mol. The van der Waals surface area contributed by atoms with Crippen molar-refractivity contribution in [1.82, 2.24) is 0 Å². The van der Waals surface area contributed by atoms with Gasteiger partial charge in [0.05, 0.1) is 6.10 Å². The van der Waals surface area contributed by atoms with Crippen LogP contribution in [-0.2, 0) is 6.42 Å². The lowest BCUT2D eigenvalue weighted by Crippen LogP contribution is -2.18. The molecule has 0 aliphatic heterocycles. The van der Waals surface area contributed by atoms with Crippen LogP contribution in [0, 0.1) is 11.8 Å². The largest absolute Gasteiger partial charge is 0.393 e. The molecule has 144 valence electrons. The van der Waals surface area contributed by atoms with Crippen molar-refractivity contribution in [2.75, 3.05) is 0 Å². The van der Waals surface area contributed by atoms with Crippen LogP contribution in [0.25, 0.3) is 0 Å². The van der Waals surface area contributed by atoms with E-state index >= 15 is 0 Å². The molecule has 2 unspecified atom stereocenters. The van der Waals surface area contributed by atoms with Crippen molar-refractivity contribution >= 4 is 0 Å². The first kappa shape index (κ1) is 21.0. The lowest BCUT2D eigenvalue weighted by Gasteiger charge is -2.21. The van der Waals surface area contributed by atoms with Crippen LogP contribution in [0.1, 0.15) is 76.7 Å². The summed E-state index contributed by atoms with van der Waals surface area (Å²) in [4.78, 5) is 0. The third kappa shape index (κ3) is 7.91. The average Bonchev–Trinajstić information content (AvgIpc) is 2.98. The number of unbranched alkanes of at least 4 members (excludes halogenated alkanes) is 3. The Labute approximate surface area is 161 Å². The van der Waals surface area contributed by atoms with Gasteiger partial charge >= 0.3 is 0 Å². The van der Waals surface area contributed by atoms with Crippen LogP contribution in [0.5, 0.6) is 0 Å². The second-order valence-electron chi connectivity index (χ2n) is 8.21. The summed E-state index contributed by atoms with van der Waals surface area (Å²) in [5, 5.41) is 10.4. The molecule has 1 aliphatic carbocycles. The number of hydrogen-bond donors (Lipinski definition) is 1. The SMILES string of the molecule is C=C(C)CCC/C=C\C[C@H]1CCC(O)C1CCCCCc1ccccc1. The quantitative estimate of drug-likeness (QED) is 0.321. The van der Waals surface area contributed by atoms with Gasteiger partial charge in [-0.05, 0) is 82.1 Å². The molecule has 1 heteroatoms. The van der Waals surface area contributed by atoms with Crippen LogP contribution >= 0.6 is 0 Å². The molecule has 0 amide bonds. The van der Waals surface area contributed by atoms with Gasteiger partial charge in [-0.1, -0.05) is 60.9 Å². The van der Waals surface area contributed by atoms with Crippen LogP contribution in [0.15, 0.2) is 54.6 Å². The fourth-order valence-corrected chi connectivity index (χ4v) is 4.29. The molecule has 0 heterocycles. The highest BCUT2D eigenvalue weighted by molar-refractivity contribution is 5.14. The molecule has 0 spiro atoms. The Hall–Kier alpha value is -1.34. The van der Waals surface area contributed by atoms with Gasteiger partial charge in [0.25, 0.3) is 0 Å². The molecular formula is C25H38O. The van der Waals surface area contributed by atoms with Crippen LogP contribution < -0.4 is 0 Å². The van der Waals surface area contributed by atoms with Gasteiger partial charge in [0.1, 0.15) is 0 Å². The Bertz CT molecular complexity index is 530. The first-order valence-electron chi connectivity index (χ1n) is 10.7. The summed E-state index contributed by atoms with van der Waals surface area (Å²) < 4.78 is 0. The number of aliphatic hydroxyl groups is 1. The van der Waals surface area contributed by atoms with Crippen molar-refractivity contribution in [2.45, 2.75) is 83.7 Å². The molecule has 1 aliphatic rings. The number of hydrogen-bond acceptors (Lipinski definition) is 1. The Morgan fingerprint density at radius 2 is 1.88 bits per heavy atom. The molecule has 1 aromatic carbocycles. The highest BCUT2D eigenvalue weighted by Crippen LogP contribution is 2.38. The lowest BCUT2D eigenvalue weighted by atomic mass is 9.87. The van der Waals surface area contributed by atoms with E-state index in [9.17, 15) is 5.11 Å². The van der Waals surface area contributed by atoms with E-state index in [-0.39, 0.29) is 6.10 Å². The first-order valence-corrected chi connectivity index (χ1v) is 10.7. The molecular weight excluding hydrogens is 316 g/mol. The summed E-state index contributed by atoms with van der Waals surface area (Å²) in [5.74, 6) is 1.21. The zero-order chi connectivity index (χ0) is 18.6. The minimum Gasteiger partial charge on any atom is -0.393 e. The number of allylic oxidation sites excluding steroid dienone is 3. The summed E-state index contributed by atoms with van der Waals surface area (Å²) in [5.41, 5.74) is 2.73. The summed E-state index contributed by atoms with van der Waals surface area (Å²) in [6.45, 7) is 6.07. The van der Waals surface area contributed by atoms with E-state index in [1.807, 2.05) is 0 Å². The molecule has 0 radical (unpaired) electrons. The molecule has 0 saturated heterocycles. The smallest absolute Gasteiger partial charge is 0.0571 e. The molecule has 1 nitrogen and oxygen atoms in total. The van der Waals surface area contributed by atoms with Crippen LogP contribution in [-0.4, -0.2) is 11.2 Å². The van der Waals surface area contributed by atoms with E-state index in [4.69, 9.17) is 0 Å². The number of benzene rings is 1. The summed E-state index contributed by atoms with van der Waals surface area (Å²) >= 11 is 0. The molecule has 0 aromatic heterocycles. The highest BCUT2D eigenvalue weighted by Gasteiger charge is 2.33. The third-order valence-corrected chi connectivity index (χ3v) is 5.86. The molecule has 2 rings (SSSR count). The maximum atomic E-state index is 10.4. The average molecular weight is 355 g/mol. The topological polar surface area (TPSA) is 20.2 Å². The van der Waals surface area contributed by atoms with Crippen molar-refractivity contribution in [3.63, 3.8) is 0 Å². The molecule has 3 atom stereocenters. The van der Waals surface area contributed by atoms with Gasteiger partial charge in [0, 0.05) is 0 Å². The van der Waals surface area contributed by atoms with Gasteiger partial charge in [-0.3, -0.25) is 0 Å². The first-order chi connectivity index (χ1) is 12.7. The summed E-state index contributed by atoms with van der Waals surface area (Å²) in [6.07, 6.45) is 17.7. The van der Waals surface area contributed by atoms with Gasteiger partial charge in [-0.15, -0.1) is 6.58 Å². The van der Waals surface area contributed by atoms with Gasteiger partial charge in [0.2, 0.25) is 0 Å². The standard InChI is InChI=1S/C25H38O/c1-21(2)13-7-3-4-11-17-23-19-20-25(26)24(23)18-12-6-10-16-22-14-8-5-9-15-22/h4-5,8-9,11,14-15,23-26H,1,3,6-7,10,12-13,16-20H2,2H3/b11-4-/t23-,24?,25?/m0/s1. The maximum Gasteiger partial charge on any atom is 0.0571 e. The molecule has 0 bridgehead atoms. The van der Waals surface area contributed by atoms with E-state index in [1.54, 1.807) is 0 Å². The van der Waals surface area contributed by atoms with Crippen molar-refractivity contribution in [2.24, 2.45) is 11.8 Å². The van der Waals surface area contributed by atoms with Gasteiger partial charge < -0.3 is 5.11 Å². The van der Waals surface area contributed by atoms with Crippen molar-refractivity contribution in [1.29, 1.82) is 0 Å². The molecule has 1 saturated carbocycles. The Morgan fingerprint density at radius 1 is 1.08 bits per heavy atom. The normalized spacial score (nSPS) is 22.9. The second-order valence-corrected chi connectivity index (χ2v) is 8.21. The van der Waals surface area contributed by atoms with Gasteiger partial charge in [-0.25, -0.2) is 0 Å². The minimum absolute atomic E-state index is 0.0639. The van der Waals surface area contributed by atoms with Crippen LogP contribution in [0.3, 0.4) is 0 Å². The van der Waals surface area contributed by atoms with Crippen LogP contribution in [0.4, 0.5) is 0 Å². The maximum absolute atomic E-state index is 10.4. The Kier molecular flexibility index (Phi) is 9.77. The minimum atomic E-state index is -0.0639. The fraction of sp³-hybridized carbons (Fsp3) is 0.600. The van der Waals surface area contributed by atoms with Crippen molar-refractivity contribution in [3.8, 4) is 0 Å². The zero-order valence-electron chi connectivity index (χ0n) is 16.7. The summed E-state index contributed by atoms with van der Waals surface area (Å²) in [7, 11) is 0. The van der Waals surface area contributed by atoms with E-state index < -0.39 is 0 Å². The monoisotopic (exact) mass is 354 g/mol. The highest BCUT2D eigenvalue weighted by atomic mass is 16.3. The Balaban J connectivity index is 1.61. The van der Waals surface area contributed by atoms with Crippen molar-refractivity contribution in [3.05, 3.63) is 60.2 Å². The second kappa shape index (κ2) is 12.1. The fourth-order valence-electron chi connectivity index (χ4n) is 4.29. The molecule has 26 heavy (non-hydrogen) atoms.